The molecule has 106 valence electrons. The molecule has 2 nitrogen and oxygen atoms in total. The van der Waals surface area contributed by atoms with Crippen LogP contribution in [0.1, 0.15) is 11.5 Å². The maximum Gasteiger partial charge on any atom is 0.251 e. The lowest BCUT2D eigenvalue weighted by Crippen LogP contribution is -2.23. The normalized spacial score (nSPS) is 12.4. The summed E-state index contributed by atoms with van der Waals surface area (Å²) in [5.41, 5.74) is 2.29. The minimum Gasteiger partial charge on any atom is -0.308 e. The van der Waals surface area contributed by atoms with Crippen LogP contribution in [0.3, 0.4) is 0 Å². The SMILES string of the molecule is O=c1ccc2ccccc2n1CC(CBr)c1ccccc1. The molecule has 1 atom stereocenters. The zero-order chi connectivity index (χ0) is 14.7. The molecule has 3 aromatic rings. The van der Waals surface area contributed by atoms with Gasteiger partial charge >= 0.3 is 0 Å². The van der Waals surface area contributed by atoms with Gasteiger partial charge in [0.2, 0.25) is 0 Å². The number of rotatable bonds is 4. The van der Waals surface area contributed by atoms with Gasteiger partial charge in [-0.3, -0.25) is 4.79 Å². The lowest BCUT2D eigenvalue weighted by atomic mass is 10.0. The van der Waals surface area contributed by atoms with Crippen LogP contribution in [0.15, 0.2) is 71.5 Å². The van der Waals surface area contributed by atoms with Gasteiger partial charge in [0.1, 0.15) is 0 Å². The second-order valence-electron chi connectivity index (χ2n) is 5.10. The zero-order valence-electron chi connectivity index (χ0n) is 11.6. The van der Waals surface area contributed by atoms with Crippen LogP contribution in [0, 0.1) is 0 Å². The Morgan fingerprint density at radius 2 is 1.62 bits per heavy atom. The zero-order valence-corrected chi connectivity index (χ0v) is 13.2. The predicted octanol–water partition coefficient (Wildman–Crippen LogP) is 4.18. The van der Waals surface area contributed by atoms with Gasteiger partial charge < -0.3 is 4.57 Å². The van der Waals surface area contributed by atoms with E-state index in [1.54, 1.807) is 6.07 Å². The Hall–Kier alpha value is -1.87. The Morgan fingerprint density at radius 3 is 2.38 bits per heavy atom. The third-order valence-electron chi connectivity index (χ3n) is 3.76. The first-order valence-corrected chi connectivity index (χ1v) is 8.11. The summed E-state index contributed by atoms with van der Waals surface area (Å²) in [5.74, 6) is 0.273. The molecular formula is C18H16BrNO. The Kier molecular flexibility index (Phi) is 4.20. The standard InChI is InChI=1S/C18H16BrNO/c19-12-16(14-6-2-1-3-7-14)13-20-17-9-5-4-8-15(17)10-11-18(20)21/h1-11,16H,12-13H2. The molecule has 0 aliphatic rings. The van der Waals surface area contributed by atoms with Crippen molar-refractivity contribution in [2.45, 2.75) is 12.5 Å². The maximum atomic E-state index is 12.3. The van der Waals surface area contributed by atoms with Gasteiger partial charge in [-0.2, -0.15) is 0 Å². The predicted molar refractivity (Wildman–Crippen MR) is 91.2 cm³/mol. The average Bonchev–Trinajstić information content (AvgIpc) is 2.55. The van der Waals surface area contributed by atoms with E-state index >= 15 is 0 Å². The van der Waals surface area contributed by atoms with Gasteiger partial charge in [-0.05, 0) is 23.1 Å². The molecule has 1 aromatic heterocycles. The van der Waals surface area contributed by atoms with Crippen molar-refractivity contribution in [2.24, 2.45) is 0 Å². The topological polar surface area (TPSA) is 22.0 Å². The van der Waals surface area contributed by atoms with E-state index < -0.39 is 0 Å². The van der Waals surface area contributed by atoms with Crippen LogP contribution in [-0.4, -0.2) is 9.90 Å². The van der Waals surface area contributed by atoms with E-state index in [-0.39, 0.29) is 11.5 Å². The third-order valence-corrected chi connectivity index (χ3v) is 4.54. The summed E-state index contributed by atoms with van der Waals surface area (Å²) in [4.78, 5) is 12.3. The fourth-order valence-electron chi connectivity index (χ4n) is 2.62. The van der Waals surface area contributed by atoms with Crippen molar-refractivity contribution in [3.05, 3.63) is 82.6 Å². The highest BCUT2D eigenvalue weighted by molar-refractivity contribution is 9.09. The summed E-state index contributed by atoms with van der Waals surface area (Å²) in [6.07, 6.45) is 0. The summed E-state index contributed by atoms with van der Waals surface area (Å²) in [6, 6.07) is 21.9. The Bertz CT molecular complexity index is 795. The number of hydrogen-bond acceptors (Lipinski definition) is 1. The van der Waals surface area contributed by atoms with E-state index in [0.29, 0.717) is 6.54 Å². The van der Waals surface area contributed by atoms with Crippen molar-refractivity contribution >= 4 is 26.8 Å². The number of pyridine rings is 1. The molecule has 0 radical (unpaired) electrons. The molecule has 3 rings (SSSR count). The van der Waals surface area contributed by atoms with Crippen LogP contribution in [0.5, 0.6) is 0 Å². The summed E-state index contributed by atoms with van der Waals surface area (Å²) in [6.45, 7) is 0.676. The van der Waals surface area contributed by atoms with Crippen LogP contribution >= 0.6 is 15.9 Å². The molecule has 21 heavy (non-hydrogen) atoms. The minimum absolute atomic E-state index is 0.0515. The van der Waals surface area contributed by atoms with E-state index in [1.165, 1.54) is 5.56 Å². The van der Waals surface area contributed by atoms with Crippen LogP contribution in [0.4, 0.5) is 0 Å². The van der Waals surface area contributed by atoms with Crippen LogP contribution in [-0.2, 0) is 6.54 Å². The number of alkyl halides is 1. The highest BCUT2D eigenvalue weighted by Gasteiger charge is 2.13. The number of hydrogen-bond donors (Lipinski definition) is 0. The number of para-hydroxylation sites is 1. The molecule has 2 aromatic carbocycles. The van der Waals surface area contributed by atoms with E-state index in [4.69, 9.17) is 0 Å². The quantitative estimate of drug-likeness (QED) is 0.652. The first-order chi connectivity index (χ1) is 10.3. The van der Waals surface area contributed by atoms with Crippen LogP contribution in [0.25, 0.3) is 10.9 Å². The second kappa shape index (κ2) is 6.27. The van der Waals surface area contributed by atoms with E-state index in [1.807, 2.05) is 53.1 Å². The van der Waals surface area contributed by atoms with Gasteiger partial charge in [0.25, 0.3) is 5.56 Å². The van der Waals surface area contributed by atoms with Crippen LogP contribution < -0.4 is 5.56 Å². The highest BCUT2D eigenvalue weighted by Crippen LogP contribution is 2.21. The van der Waals surface area contributed by atoms with Gasteiger partial charge in [0.05, 0.1) is 5.52 Å². The molecule has 1 unspecified atom stereocenters. The second-order valence-corrected chi connectivity index (χ2v) is 5.75. The summed E-state index contributed by atoms with van der Waals surface area (Å²) < 4.78 is 1.87. The maximum absolute atomic E-state index is 12.3. The smallest absolute Gasteiger partial charge is 0.251 e. The monoisotopic (exact) mass is 341 g/mol. The van der Waals surface area contributed by atoms with Crippen LogP contribution in [0.2, 0.25) is 0 Å². The lowest BCUT2D eigenvalue weighted by molar-refractivity contribution is 0.606. The van der Waals surface area contributed by atoms with Crippen molar-refractivity contribution in [2.75, 3.05) is 5.33 Å². The van der Waals surface area contributed by atoms with Crippen molar-refractivity contribution in [3.8, 4) is 0 Å². The molecular weight excluding hydrogens is 326 g/mol. The van der Waals surface area contributed by atoms with Gasteiger partial charge in [-0.15, -0.1) is 0 Å². The molecule has 0 fully saturated rings. The molecule has 0 amide bonds. The molecule has 0 saturated heterocycles. The molecule has 0 N–H and O–H groups in total. The molecule has 0 spiro atoms. The molecule has 0 aliphatic carbocycles. The van der Waals surface area contributed by atoms with E-state index in [0.717, 1.165) is 16.2 Å². The Morgan fingerprint density at radius 1 is 0.905 bits per heavy atom. The van der Waals surface area contributed by atoms with E-state index in [2.05, 4.69) is 28.1 Å². The fraction of sp³-hybridized carbons (Fsp3) is 0.167. The van der Waals surface area contributed by atoms with Gasteiger partial charge in [0.15, 0.2) is 0 Å². The van der Waals surface area contributed by atoms with Gasteiger partial charge in [-0.1, -0.05) is 64.5 Å². The number of halogens is 1. The Balaban J connectivity index is 2.04. The molecule has 0 bridgehead atoms. The van der Waals surface area contributed by atoms with Gasteiger partial charge in [0, 0.05) is 23.9 Å². The van der Waals surface area contributed by atoms with Crippen molar-refractivity contribution in [3.63, 3.8) is 0 Å². The largest absolute Gasteiger partial charge is 0.308 e. The summed E-state index contributed by atoms with van der Waals surface area (Å²) in [7, 11) is 0. The number of benzene rings is 2. The number of fused-ring (bicyclic) bond motifs is 1. The lowest BCUT2D eigenvalue weighted by Gasteiger charge is -2.18. The van der Waals surface area contributed by atoms with Crippen molar-refractivity contribution in [1.29, 1.82) is 0 Å². The molecule has 0 aliphatic heterocycles. The Labute approximate surface area is 132 Å². The average molecular weight is 342 g/mol. The van der Waals surface area contributed by atoms with Crippen molar-refractivity contribution in [1.82, 2.24) is 4.57 Å². The summed E-state index contributed by atoms with van der Waals surface area (Å²) >= 11 is 3.58. The van der Waals surface area contributed by atoms with E-state index in [9.17, 15) is 4.79 Å². The summed E-state index contributed by atoms with van der Waals surface area (Å²) in [5, 5.41) is 1.92. The third kappa shape index (κ3) is 2.93. The minimum atomic E-state index is 0.0515. The molecule has 3 heteroatoms. The molecule has 0 saturated carbocycles. The van der Waals surface area contributed by atoms with Crippen molar-refractivity contribution < 1.29 is 0 Å². The fourth-order valence-corrected chi connectivity index (χ4v) is 3.20. The number of nitrogens with zero attached hydrogens (tertiary/aromatic N) is 1. The highest BCUT2D eigenvalue weighted by atomic mass is 79.9. The first-order valence-electron chi connectivity index (χ1n) is 6.99. The first kappa shape index (κ1) is 14.1. The van der Waals surface area contributed by atoms with Gasteiger partial charge in [-0.25, -0.2) is 0 Å². The number of aromatic nitrogens is 1. The molecule has 1 heterocycles.